The molecule has 222 valence electrons. The van der Waals surface area contributed by atoms with Crippen LogP contribution in [0.5, 0.6) is 0 Å². The molecule has 1 atom stereocenters. The van der Waals surface area contributed by atoms with Gasteiger partial charge in [0.15, 0.2) is 0 Å². The molecule has 0 fully saturated rings. The van der Waals surface area contributed by atoms with Crippen LogP contribution in [0.1, 0.15) is 121 Å². The highest BCUT2D eigenvalue weighted by molar-refractivity contribution is 5.28. The van der Waals surface area contributed by atoms with E-state index in [0.717, 1.165) is 38.0 Å². The van der Waals surface area contributed by atoms with Gasteiger partial charge in [-0.05, 0) is 105 Å². The quantitative estimate of drug-likeness (QED) is 0.112. The number of rotatable bonds is 19. The zero-order valence-corrected chi connectivity index (χ0v) is 27.9. The van der Waals surface area contributed by atoms with Crippen molar-refractivity contribution in [2.24, 2.45) is 11.8 Å². The maximum atomic E-state index is 2.42. The first-order valence-corrected chi connectivity index (χ1v) is 15.6. The van der Waals surface area contributed by atoms with Gasteiger partial charge in [0.2, 0.25) is 0 Å². The van der Waals surface area contributed by atoms with Crippen molar-refractivity contribution in [3.05, 3.63) is 119 Å². The monoisotopic (exact) mass is 542 g/mol. The van der Waals surface area contributed by atoms with Gasteiger partial charge < -0.3 is 0 Å². The van der Waals surface area contributed by atoms with Crippen molar-refractivity contribution < 1.29 is 0 Å². The zero-order chi connectivity index (χ0) is 30.2. The second-order valence-electron chi connectivity index (χ2n) is 12.3. The van der Waals surface area contributed by atoms with Gasteiger partial charge in [-0.3, -0.25) is 0 Å². The predicted molar refractivity (Wildman–Crippen MR) is 186 cm³/mol. The van der Waals surface area contributed by atoms with Crippen LogP contribution >= 0.6 is 0 Å². The fourth-order valence-electron chi connectivity index (χ4n) is 4.04. The molecule has 0 heteroatoms. The summed E-state index contributed by atoms with van der Waals surface area (Å²) in [6.45, 7) is 22.3. The van der Waals surface area contributed by atoms with Crippen molar-refractivity contribution in [3.8, 4) is 0 Å². The Hall–Kier alpha value is -2.60. The van der Waals surface area contributed by atoms with E-state index < -0.39 is 0 Å². The molecular formula is C40H62. The molecule has 0 nitrogen and oxygen atoms in total. The Morgan fingerprint density at radius 1 is 0.575 bits per heavy atom. The van der Waals surface area contributed by atoms with Gasteiger partial charge in [0.05, 0.1) is 0 Å². The standard InChI is InChI=1S/C40H62/c1-33(2)19-13-23-37(7)27-17-31-39(9)29-15-25-35(5)21-11-12-22-36(6)26-16-30-40(10)32-18-28-38(8)24-14-20-34(3)4/h11-12,15-17,19,21-22,25-28,30-31,34,39H,13-14,18,20,23-24,29,32H2,1-10H3/b12-11-,25-15+,26-16+,31-17+,35-21+,36-22+,37-27+,38-28-,40-30+. The van der Waals surface area contributed by atoms with Crippen LogP contribution in [0.2, 0.25) is 0 Å². The molecule has 0 radical (unpaired) electrons. The molecule has 0 aromatic rings. The van der Waals surface area contributed by atoms with E-state index >= 15 is 0 Å². The Bertz CT molecular complexity index is 985. The first-order valence-electron chi connectivity index (χ1n) is 15.6. The second kappa shape index (κ2) is 24.2. The van der Waals surface area contributed by atoms with E-state index in [1.165, 1.54) is 47.1 Å². The van der Waals surface area contributed by atoms with Gasteiger partial charge in [-0.15, -0.1) is 0 Å². The van der Waals surface area contributed by atoms with Crippen LogP contribution in [0.15, 0.2) is 119 Å². The Morgan fingerprint density at radius 3 is 1.75 bits per heavy atom. The minimum atomic E-state index is 0.539. The van der Waals surface area contributed by atoms with Crippen LogP contribution in [0.25, 0.3) is 0 Å². The lowest BCUT2D eigenvalue weighted by Gasteiger charge is -2.05. The third kappa shape index (κ3) is 25.7. The van der Waals surface area contributed by atoms with E-state index in [2.05, 4.69) is 154 Å². The third-order valence-electron chi connectivity index (χ3n) is 6.75. The van der Waals surface area contributed by atoms with Gasteiger partial charge in [-0.1, -0.05) is 146 Å². The van der Waals surface area contributed by atoms with Gasteiger partial charge in [0, 0.05) is 0 Å². The summed E-state index contributed by atoms with van der Waals surface area (Å²) in [7, 11) is 0. The summed E-state index contributed by atoms with van der Waals surface area (Å²) in [5.41, 5.74) is 8.34. The summed E-state index contributed by atoms with van der Waals surface area (Å²) < 4.78 is 0. The van der Waals surface area contributed by atoms with E-state index in [9.17, 15) is 0 Å². The topological polar surface area (TPSA) is 0 Å². The van der Waals surface area contributed by atoms with E-state index in [0.29, 0.717) is 5.92 Å². The third-order valence-corrected chi connectivity index (χ3v) is 6.75. The molecule has 0 heterocycles. The average molecular weight is 543 g/mol. The van der Waals surface area contributed by atoms with Gasteiger partial charge in [0.25, 0.3) is 0 Å². The second-order valence-corrected chi connectivity index (χ2v) is 12.3. The van der Waals surface area contributed by atoms with Crippen molar-refractivity contribution in [3.63, 3.8) is 0 Å². The number of hydrogen-bond acceptors (Lipinski definition) is 0. The van der Waals surface area contributed by atoms with E-state index in [1.54, 1.807) is 5.57 Å². The molecule has 0 saturated heterocycles. The lowest BCUT2D eigenvalue weighted by Crippen LogP contribution is -1.87. The Kier molecular flexibility index (Phi) is 22.6. The molecule has 1 unspecified atom stereocenters. The predicted octanol–water partition coefficient (Wildman–Crippen LogP) is 13.3. The number of hydrogen-bond donors (Lipinski definition) is 0. The van der Waals surface area contributed by atoms with Crippen LogP contribution in [0.3, 0.4) is 0 Å². The molecule has 0 aromatic carbocycles. The minimum absolute atomic E-state index is 0.539. The van der Waals surface area contributed by atoms with Crippen molar-refractivity contribution in [1.29, 1.82) is 0 Å². The van der Waals surface area contributed by atoms with Crippen LogP contribution in [-0.2, 0) is 0 Å². The van der Waals surface area contributed by atoms with Crippen molar-refractivity contribution in [2.75, 3.05) is 0 Å². The molecule has 0 saturated carbocycles. The fourth-order valence-corrected chi connectivity index (χ4v) is 4.04. The van der Waals surface area contributed by atoms with E-state index in [-0.39, 0.29) is 0 Å². The summed E-state index contributed by atoms with van der Waals surface area (Å²) in [6, 6.07) is 0. The Labute approximate surface area is 250 Å². The molecule has 0 aliphatic carbocycles. The fraction of sp³-hybridized carbons (Fsp3) is 0.500. The van der Waals surface area contributed by atoms with Crippen LogP contribution < -0.4 is 0 Å². The molecule has 0 spiro atoms. The van der Waals surface area contributed by atoms with Gasteiger partial charge in [0.1, 0.15) is 0 Å². The SMILES string of the molecule is CC(C)=CCC/C(C)=C/C=C/C(C)C/C=C/C(C)=C/C=C\C=C(C)\C=C\C=C(/C)CC/C=C(/C)CCCC(C)C. The molecule has 40 heavy (non-hydrogen) atoms. The highest BCUT2D eigenvalue weighted by Gasteiger charge is 1.96. The minimum Gasteiger partial charge on any atom is -0.0856 e. The summed E-state index contributed by atoms with van der Waals surface area (Å²) >= 11 is 0. The Morgan fingerprint density at radius 2 is 1.15 bits per heavy atom. The van der Waals surface area contributed by atoms with Crippen LogP contribution in [-0.4, -0.2) is 0 Å². The molecule has 0 amide bonds. The average Bonchev–Trinajstić information content (AvgIpc) is 2.86. The smallest absolute Gasteiger partial charge is 0.0224 e. The highest BCUT2D eigenvalue weighted by Crippen LogP contribution is 2.14. The van der Waals surface area contributed by atoms with Gasteiger partial charge >= 0.3 is 0 Å². The maximum absolute atomic E-state index is 2.42. The van der Waals surface area contributed by atoms with Gasteiger partial charge in [-0.25, -0.2) is 0 Å². The molecule has 0 aromatic heterocycles. The summed E-state index contributed by atoms with van der Waals surface area (Å²) in [5, 5.41) is 0. The molecule has 0 aliphatic heterocycles. The first-order chi connectivity index (χ1) is 19.0. The summed E-state index contributed by atoms with van der Waals surface area (Å²) in [4.78, 5) is 0. The summed E-state index contributed by atoms with van der Waals surface area (Å²) in [6.07, 6.45) is 40.7. The van der Waals surface area contributed by atoms with Gasteiger partial charge in [-0.2, -0.15) is 0 Å². The zero-order valence-electron chi connectivity index (χ0n) is 27.9. The highest BCUT2D eigenvalue weighted by atomic mass is 14.0. The van der Waals surface area contributed by atoms with Crippen LogP contribution in [0, 0.1) is 11.8 Å². The first kappa shape index (κ1) is 37.4. The lowest BCUT2D eigenvalue weighted by atomic mass is 10.0. The summed E-state index contributed by atoms with van der Waals surface area (Å²) in [5.74, 6) is 1.35. The molecular weight excluding hydrogens is 480 g/mol. The molecule has 0 N–H and O–H groups in total. The Balaban J connectivity index is 4.46. The lowest BCUT2D eigenvalue weighted by molar-refractivity contribution is 0.554. The normalized spacial score (nSPS) is 15.5. The maximum Gasteiger partial charge on any atom is -0.0224 e. The van der Waals surface area contributed by atoms with E-state index in [1.807, 2.05) is 0 Å². The molecule has 0 bridgehead atoms. The molecule has 0 aliphatic rings. The largest absolute Gasteiger partial charge is 0.0856 e. The molecule has 0 rings (SSSR count). The van der Waals surface area contributed by atoms with Crippen molar-refractivity contribution in [2.45, 2.75) is 121 Å². The van der Waals surface area contributed by atoms with Crippen molar-refractivity contribution >= 4 is 0 Å². The number of allylic oxidation sites excluding steroid dienone is 20. The van der Waals surface area contributed by atoms with E-state index in [4.69, 9.17) is 0 Å². The van der Waals surface area contributed by atoms with Crippen molar-refractivity contribution in [1.82, 2.24) is 0 Å². The van der Waals surface area contributed by atoms with Crippen LogP contribution in [0.4, 0.5) is 0 Å².